The van der Waals surface area contributed by atoms with Crippen LogP contribution in [0.25, 0.3) is 10.2 Å². The standard InChI is InChI=1S/C22H32N4O3S/c1-6-7-14-12-16(25-20-17(14)18(23)19(30-20)13(2)27)26-10-8-15(9-11-26)24-21(28)29-22(3,4)5/h12,15H,6-11,23H2,1-5H3,(H,24,28). The van der Waals surface area contributed by atoms with Gasteiger partial charge in [0.1, 0.15) is 16.2 Å². The number of nitrogens with two attached hydrogens (primary N) is 1. The maximum atomic E-state index is 12.0. The number of ether oxygens (including phenoxy) is 1. The second kappa shape index (κ2) is 8.79. The smallest absolute Gasteiger partial charge is 0.407 e. The van der Waals surface area contributed by atoms with Gasteiger partial charge in [0.15, 0.2) is 5.78 Å². The number of hydrogen-bond acceptors (Lipinski definition) is 7. The molecule has 3 N–H and O–H groups in total. The first-order valence-corrected chi connectivity index (χ1v) is 11.4. The number of rotatable bonds is 5. The third-order valence-corrected chi connectivity index (χ3v) is 6.35. The lowest BCUT2D eigenvalue weighted by Gasteiger charge is -2.33. The summed E-state index contributed by atoms with van der Waals surface area (Å²) in [5, 5.41) is 3.90. The van der Waals surface area contributed by atoms with Crippen LogP contribution in [0.15, 0.2) is 6.07 Å². The molecule has 0 spiro atoms. The van der Waals surface area contributed by atoms with Gasteiger partial charge in [0.05, 0.1) is 10.6 Å². The number of nitrogens with one attached hydrogen (secondary N) is 1. The zero-order chi connectivity index (χ0) is 22.1. The summed E-state index contributed by atoms with van der Waals surface area (Å²) in [4.78, 5) is 32.5. The highest BCUT2D eigenvalue weighted by molar-refractivity contribution is 7.21. The van der Waals surface area contributed by atoms with Gasteiger partial charge in [-0.2, -0.15) is 0 Å². The van der Waals surface area contributed by atoms with Gasteiger partial charge in [0, 0.05) is 31.4 Å². The van der Waals surface area contributed by atoms with E-state index in [1.807, 2.05) is 20.8 Å². The van der Waals surface area contributed by atoms with Crippen molar-refractivity contribution in [3.63, 3.8) is 0 Å². The number of thiophene rings is 1. The third kappa shape index (κ3) is 5.03. The maximum absolute atomic E-state index is 12.0. The summed E-state index contributed by atoms with van der Waals surface area (Å²) in [7, 11) is 0. The summed E-state index contributed by atoms with van der Waals surface area (Å²) < 4.78 is 5.36. The molecule has 3 rings (SSSR count). The number of nitrogen functional groups attached to an aromatic ring is 1. The number of ketones is 1. The lowest BCUT2D eigenvalue weighted by molar-refractivity contribution is 0.0497. The number of hydrogen-bond donors (Lipinski definition) is 2. The van der Waals surface area contributed by atoms with Crippen LogP contribution >= 0.6 is 11.3 Å². The number of Topliss-reactive ketones (excluding diaryl/α,β-unsaturated/α-hetero) is 1. The van der Waals surface area contributed by atoms with Gasteiger partial charge in [-0.25, -0.2) is 9.78 Å². The number of nitrogens with zero attached hydrogens (tertiary/aromatic N) is 2. The molecule has 2 aromatic rings. The number of anilines is 2. The minimum absolute atomic E-state index is 0.0199. The fraction of sp³-hybridized carbons (Fsp3) is 0.591. The SMILES string of the molecule is CCCc1cc(N2CCC(NC(=O)OC(C)(C)C)CC2)nc2sc(C(C)=O)c(N)c12. The van der Waals surface area contributed by atoms with Gasteiger partial charge in [-0.15, -0.1) is 11.3 Å². The van der Waals surface area contributed by atoms with E-state index >= 15 is 0 Å². The van der Waals surface area contributed by atoms with Gasteiger partial charge >= 0.3 is 6.09 Å². The molecule has 0 unspecified atom stereocenters. The number of aromatic nitrogens is 1. The van der Waals surface area contributed by atoms with E-state index in [9.17, 15) is 9.59 Å². The Bertz CT molecular complexity index is 940. The molecule has 164 valence electrons. The normalized spacial score (nSPS) is 15.4. The Hall–Kier alpha value is -2.35. The average Bonchev–Trinajstić information content (AvgIpc) is 2.98. The van der Waals surface area contributed by atoms with Crippen molar-refractivity contribution in [3.05, 3.63) is 16.5 Å². The molecule has 1 aliphatic heterocycles. The van der Waals surface area contributed by atoms with Crippen molar-refractivity contribution in [1.29, 1.82) is 0 Å². The minimum Gasteiger partial charge on any atom is -0.444 e. The maximum Gasteiger partial charge on any atom is 0.407 e. The molecule has 1 saturated heterocycles. The van der Waals surface area contributed by atoms with Crippen molar-refractivity contribution >= 4 is 44.9 Å². The van der Waals surface area contributed by atoms with E-state index in [0.29, 0.717) is 10.6 Å². The van der Waals surface area contributed by atoms with Gasteiger partial charge in [-0.3, -0.25) is 4.79 Å². The second-order valence-electron chi connectivity index (χ2n) is 8.88. The molecule has 1 fully saturated rings. The monoisotopic (exact) mass is 432 g/mol. The van der Waals surface area contributed by atoms with Gasteiger partial charge in [-0.05, 0) is 51.7 Å². The largest absolute Gasteiger partial charge is 0.444 e. The van der Waals surface area contributed by atoms with Crippen LogP contribution in [0.3, 0.4) is 0 Å². The van der Waals surface area contributed by atoms with Gasteiger partial charge in [0.2, 0.25) is 0 Å². The molecule has 3 heterocycles. The van der Waals surface area contributed by atoms with Gasteiger partial charge < -0.3 is 20.7 Å². The third-order valence-electron chi connectivity index (χ3n) is 5.15. The summed E-state index contributed by atoms with van der Waals surface area (Å²) in [6, 6.07) is 2.21. The second-order valence-corrected chi connectivity index (χ2v) is 9.88. The summed E-state index contributed by atoms with van der Waals surface area (Å²) in [5.41, 5.74) is 7.50. The van der Waals surface area contributed by atoms with Crippen molar-refractivity contribution in [2.24, 2.45) is 0 Å². The molecule has 0 bridgehead atoms. The molecule has 1 aliphatic rings. The van der Waals surface area contributed by atoms with Gasteiger partial charge in [0.25, 0.3) is 0 Å². The molecule has 2 aromatic heterocycles. The van der Waals surface area contributed by atoms with Crippen LogP contribution < -0.4 is 16.0 Å². The number of fused-ring (bicyclic) bond motifs is 1. The number of alkyl carbamates (subject to hydrolysis) is 1. The quantitative estimate of drug-likeness (QED) is 0.674. The molecule has 0 aliphatic carbocycles. The number of pyridine rings is 1. The molecule has 0 saturated carbocycles. The van der Waals surface area contributed by atoms with Crippen molar-refractivity contribution in [2.45, 2.75) is 71.9 Å². The topological polar surface area (TPSA) is 97.5 Å². The molecule has 0 aromatic carbocycles. The number of piperidine rings is 1. The first kappa shape index (κ1) is 22.3. The Labute approximate surface area is 182 Å². The Balaban J connectivity index is 1.76. The first-order chi connectivity index (χ1) is 14.1. The van der Waals surface area contributed by atoms with Crippen LogP contribution in [-0.4, -0.2) is 41.6 Å². The predicted molar refractivity (Wildman–Crippen MR) is 123 cm³/mol. The Morgan fingerprint density at radius 1 is 1.33 bits per heavy atom. The molecule has 0 radical (unpaired) electrons. The highest BCUT2D eigenvalue weighted by atomic mass is 32.1. The van der Waals surface area contributed by atoms with Crippen LogP contribution in [0.5, 0.6) is 0 Å². The summed E-state index contributed by atoms with van der Waals surface area (Å²) in [6.45, 7) is 10.9. The molecule has 7 nitrogen and oxygen atoms in total. The number of carbonyl (C=O) groups is 2. The number of aryl methyl sites for hydroxylation is 1. The lowest BCUT2D eigenvalue weighted by atomic mass is 10.0. The predicted octanol–water partition coefficient (Wildman–Crippen LogP) is 4.53. The van der Waals surface area contributed by atoms with Crippen molar-refractivity contribution < 1.29 is 14.3 Å². The van der Waals surface area contributed by atoms with Crippen LogP contribution in [-0.2, 0) is 11.2 Å². The van der Waals surface area contributed by atoms with Crippen molar-refractivity contribution in [2.75, 3.05) is 23.7 Å². The van der Waals surface area contributed by atoms with E-state index in [1.165, 1.54) is 11.3 Å². The molecular weight excluding hydrogens is 400 g/mol. The Morgan fingerprint density at radius 2 is 2.00 bits per heavy atom. The van der Waals surface area contributed by atoms with Crippen LogP contribution in [0.4, 0.5) is 16.3 Å². The van der Waals surface area contributed by atoms with Crippen LogP contribution in [0, 0.1) is 0 Å². The molecular formula is C22H32N4O3S. The Kier molecular flexibility index (Phi) is 6.55. The van der Waals surface area contributed by atoms with E-state index in [4.69, 9.17) is 15.5 Å². The van der Waals surface area contributed by atoms with Crippen LogP contribution in [0.1, 0.15) is 69.1 Å². The van der Waals surface area contributed by atoms with Gasteiger partial charge in [-0.1, -0.05) is 13.3 Å². The van der Waals surface area contributed by atoms with E-state index < -0.39 is 5.60 Å². The molecule has 8 heteroatoms. The van der Waals surface area contributed by atoms with Crippen molar-refractivity contribution in [1.82, 2.24) is 10.3 Å². The van der Waals surface area contributed by atoms with E-state index in [2.05, 4.69) is 23.2 Å². The number of amides is 1. The zero-order valence-electron chi connectivity index (χ0n) is 18.5. The molecule has 1 amide bonds. The fourth-order valence-corrected chi connectivity index (χ4v) is 4.83. The molecule has 0 atom stereocenters. The number of carbonyl (C=O) groups excluding carboxylic acids is 2. The highest BCUT2D eigenvalue weighted by Gasteiger charge is 2.25. The van der Waals surface area contributed by atoms with Crippen molar-refractivity contribution in [3.8, 4) is 0 Å². The summed E-state index contributed by atoms with van der Waals surface area (Å²) in [5.74, 6) is 0.895. The minimum atomic E-state index is -0.499. The molecule has 30 heavy (non-hydrogen) atoms. The summed E-state index contributed by atoms with van der Waals surface area (Å²) >= 11 is 1.38. The first-order valence-electron chi connectivity index (χ1n) is 10.6. The average molecular weight is 433 g/mol. The van der Waals surface area contributed by atoms with E-state index in [0.717, 1.165) is 60.4 Å². The van der Waals surface area contributed by atoms with E-state index in [1.54, 1.807) is 6.92 Å². The summed E-state index contributed by atoms with van der Waals surface area (Å²) in [6.07, 6.45) is 3.17. The highest BCUT2D eigenvalue weighted by Crippen LogP contribution is 2.38. The zero-order valence-corrected chi connectivity index (χ0v) is 19.3. The fourth-order valence-electron chi connectivity index (χ4n) is 3.80. The van der Waals surface area contributed by atoms with E-state index in [-0.39, 0.29) is 17.9 Å². The lowest BCUT2D eigenvalue weighted by Crippen LogP contribution is -2.46. The Morgan fingerprint density at radius 3 is 2.57 bits per heavy atom. The van der Waals surface area contributed by atoms with Crippen LogP contribution in [0.2, 0.25) is 0 Å².